The van der Waals surface area contributed by atoms with Crippen molar-refractivity contribution in [3.05, 3.63) is 58.2 Å². The van der Waals surface area contributed by atoms with E-state index in [1.165, 1.54) is 0 Å². The maximum absolute atomic E-state index is 5.33. The number of pyridine rings is 2. The summed E-state index contributed by atoms with van der Waals surface area (Å²) in [4.78, 5) is 24.0. The third-order valence-corrected chi connectivity index (χ3v) is 3.88. The van der Waals surface area contributed by atoms with E-state index >= 15 is 0 Å². The van der Waals surface area contributed by atoms with Gasteiger partial charge in [-0.15, -0.1) is 0 Å². The van der Waals surface area contributed by atoms with Crippen LogP contribution >= 0.6 is 24.4 Å². The van der Waals surface area contributed by atoms with Crippen LogP contribution in [0.1, 0.15) is 0 Å². The highest BCUT2D eigenvalue weighted by molar-refractivity contribution is 7.72. The van der Waals surface area contributed by atoms with Crippen molar-refractivity contribution in [3.8, 4) is 22.8 Å². The standard InChI is InChI=1S/C16H10N6S2/c23-15-13-14(21-16(24)22-15)20-12(10-6-2-4-8-18-10)11(19-13)9-5-1-3-7-17-9/h1-8H,(H2,20,21,22,23,24). The topological polar surface area (TPSA) is 83.1 Å². The third kappa shape index (κ3) is 2.61. The van der Waals surface area contributed by atoms with Gasteiger partial charge in [-0.05, 0) is 36.5 Å². The predicted molar refractivity (Wildman–Crippen MR) is 96.4 cm³/mol. The molecular formula is C16H10N6S2. The average Bonchev–Trinajstić information content (AvgIpc) is 2.62. The van der Waals surface area contributed by atoms with Crippen LogP contribution in [0.2, 0.25) is 0 Å². The van der Waals surface area contributed by atoms with Gasteiger partial charge in [0.2, 0.25) is 0 Å². The minimum absolute atomic E-state index is 0.402. The summed E-state index contributed by atoms with van der Waals surface area (Å²) in [7, 11) is 0. The van der Waals surface area contributed by atoms with E-state index < -0.39 is 0 Å². The van der Waals surface area contributed by atoms with Gasteiger partial charge in [0.15, 0.2) is 10.4 Å². The molecule has 2 N–H and O–H groups in total. The van der Waals surface area contributed by atoms with Crippen molar-refractivity contribution in [1.29, 1.82) is 0 Å². The monoisotopic (exact) mass is 350 g/mol. The molecule has 8 heteroatoms. The van der Waals surface area contributed by atoms with Crippen LogP contribution in [0.5, 0.6) is 0 Å². The van der Waals surface area contributed by atoms with Crippen molar-refractivity contribution >= 4 is 35.6 Å². The Bertz CT molecular complexity index is 1140. The fraction of sp³-hybridized carbons (Fsp3) is 0. The molecule has 4 aromatic rings. The number of aromatic nitrogens is 6. The molecule has 0 atom stereocenters. The van der Waals surface area contributed by atoms with E-state index in [1.54, 1.807) is 12.4 Å². The van der Waals surface area contributed by atoms with Crippen LogP contribution in [0, 0.1) is 9.41 Å². The number of hydrogen-bond acceptors (Lipinski definition) is 6. The van der Waals surface area contributed by atoms with E-state index in [1.807, 2.05) is 36.4 Å². The van der Waals surface area contributed by atoms with Crippen molar-refractivity contribution in [3.63, 3.8) is 0 Å². The smallest absolute Gasteiger partial charge is 0.177 e. The van der Waals surface area contributed by atoms with Gasteiger partial charge in [0, 0.05) is 12.4 Å². The maximum Gasteiger partial charge on any atom is 0.177 e. The molecule has 24 heavy (non-hydrogen) atoms. The lowest BCUT2D eigenvalue weighted by Gasteiger charge is -2.09. The molecule has 0 aromatic carbocycles. The first-order chi connectivity index (χ1) is 11.7. The van der Waals surface area contributed by atoms with Crippen molar-refractivity contribution in [2.24, 2.45) is 0 Å². The second-order valence-electron chi connectivity index (χ2n) is 4.96. The van der Waals surface area contributed by atoms with Crippen LogP contribution in [0.4, 0.5) is 0 Å². The minimum atomic E-state index is 0.402. The number of rotatable bonds is 2. The minimum Gasteiger partial charge on any atom is -0.322 e. The Morgan fingerprint density at radius 1 is 0.750 bits per heavy atom. The zero-order valence-corrected chi connectivity index (χ0v) is 13.9. The van der Waals surface area contributed by atoms with Gasteiger partial charge >= 0.3 is 0 Å². The molecule has 0 radical (unpaired) electrons. The Morgan fingerprint density at radius 2 is 1.38 bits per heavy atom. The van der Waals surface area contributed by atoms with Crippen LogP contribution in [-0.4, -0.2) is 29.9 Å². The molecule has 0 saturated heterocycles. The van der Waals surface area contributed by atoms with E-state index in [2.05, 4.69) is 29.9 Å². The normalized spacial score (nSPS) is 10.8. The molecule has 0 unspecified atom stereocenters. The van der Waals surface area contributed by atoms with Crippen LogP contribution in [0.3, 0.4) is 0 Å². The van der Waals surface area contributed by atoms with Crippen LogP contribution in [-0.2, 0) is 0 Å². The third-order valence-electron chi connectivity index (χ3n) is 3.38. The summed E-state index contributed by atoms with van der Waals surface area (Å²) in [6.07, 6.45) is 3.42. The lowest BCUT2D eigenvalue weighted by molar-refractivity contribution is 1.10. The SMILES string of the molecule is S=c1[nH]c(=S)c2nc(-c3ccccn3)c(-c3ccccn3)nc2[nH]1. The van der Waals surface area contributed by atoms with Crippen molar-refractivity contribution in [2.45, 2.75) is 0 Å². The molecule has 0 aliphatic carbocycles. The number of hydrogen-bond donors (Lipinski definition) is 2. The summed E-state index contributed by atoms with van der Waals surface area (Å²) >= 11 is 10.5. The van der Waals surface area contributed by atoms with Gasteiger partial charge < -0.3 is 9.97 Å². The number of fused-ring (bicyclic) bond motifs is 1. The van der Waals surface area contributed by atoms with Gasteiger partial charge in [0.25, 0.3) is 0 Å². The summed E-state index contributed by atoms with van der Waals surface area (Å²) in [5.74, 6) is 0. The Hall–Kier alpha value is -2.84. The fourth-order valence-corrected chi connectivity index (χ4v) is 2.85. The zero-order chi connectivity index (χ0) is 16.5. The molecule has 4 rings (SSSR count). The quantitative estimate of drug-likeness (QED) is 0.534. The second-order valence-corrected chi connectivity index (χ2v) is 5.77. The summed E-state index contributed by atoms with van der Waals surface area (Å²) in [5.41, 5.74) is 3.69. The van der Waals surface area contributed by atoms with Gasteiger partial charge in [-0.1, -0.05) is 24.4 Å². The maximum atomic E-state index is 5.33. The highest BCUT2D eigenvalue weighted by atomic mass is 32.1. The predicted octanol–water partition coefficient (Wildman–Crippen LogP) is 3.87. The summed E-state index contributed by atoms with van der Waals surface area (Å²) in [6, 6.07) is 11.2. The summed E-state index contributed by atoms with van der Waals surface area (Å²) in [5, 5.41) is 0. The van der Waals surface area contributed by atoms with Gasteiger partial charge in [-0.25, -0.2) is 9.97 Å². The molecule has 0 fully saturated rings. The first-order valence-electron chi connectivity index (χ1n) is 7.09. The Balaban J connectivity index is 2.12. The number of aromatic amines is 2. The van der Waals surface area contributed by atoms with Crippen LogP contribution in [0.15, 0.2) is 48.8 Å². The highest BCUT2D eigenvalue weighted by Crippen LogP contribution is 2.28. The van der Waals surface area contributed by atoms with E-state index in [-0.39, 0.29) is 0 Å². The van der Waals surface area contributed by atoms with E-state index in [4.69, 9.17) is 24.4 Å². The molecule has 0 aliphatic rings. The van der Waals surface area contributed by atoms with Crippen molar-refractivity contribution < 1.29 is 0 Å². The Labute approximate surface area is 146 Å². The molecule has 0 amide bonds. The molecule has 0 saturated carbocycles. The van der Waals surface area contributed by atoms with E-state index in [9.17, 15) is 0 Å². The Morgan fingerprint density at radius 3 is 1.96 bits per heavy atom. The summed E-state index contributed by atoms with van der Waals surface area (Å²) < 4.78 is 0.838. The Kier molecular flexibility index (Phi) is 3.68. The number of nitrogens with one attached hydrogen (secondary N) is 2. The summed E-state index contributed by atoms with van der Waals surface area (Å²) in [6.45, 7) is 0. The van der Waals surface area contributed by atoms with Gasteiger partial charge in [0.1, 0.15) is 21.5 Å². The van der Waals surface area contributed by atoms with Crippen LogP contribution < -0.4 is 0 Å². The number of nitrogens with zero attached hydrogens (tertiary/aromatic N) is 4. The first kappa shape index (κ1) is 14.7. The van der Waals surface area contributed by atoms with E-state index in [0.29, 0.717) is 43.4 Å². The largest absolute Gasteiger partial charge is 0.322 e. The molecule has 4 aromatic heterocycles. The lowest BCUT2D eigenvalue weighted by Crippen LogP contribution is -2.00. The van der Waals surface area contributed by atoms with Gasteiger partial charge in [-0.2, -0.15) is 0 Å². The molecule has 0 aliphatic heterocycles. The van der Waals surface area contributed by atoms with Gasteiger partial charge in [0.05, 0.1) is 11.4 Å². The van der Waals surface area contributed by atoms with Crippen LogP contribution in [0.25, 0.3) is 33.9 Å². The van der Waals surface area contributed by atoms with Crippen molar-refractivity contribution in [2.75, 3.05) is 0 Å². The molecule has 116 valence electrons. The highest BCUT2D eigenvalue weighted by Gasteiger charge is 2.15. The molecule has 6 nitrogen and oxygen atoms in total. The zero-order valence-electron chi connectivity index (χ0n) is 12.2. The fourth-order valence-electron chi connectivity index (χ4n) is 2.34. The van der Waals surface area contributed by atoms with Gasteiger partial charge in [-0.3, -0.25) is 9.97 Å². The second kappa shape index (κ2) is 5.99. The van der Waals surface area contributed by atoms with E-state index in [0.717, 1.165) is 0 Å². The molecule has 0 spiro atoms. The lowest BCUT2D eigenvalue weighted by atomic mass is 10.1. The average molecular weight is 350 g/mol. The van der Waals surface area contributed by atoms with Crippen molar-refractivity contribution in [1.82, 2.24) is 29.9 Å². The first-order valence-corrected chi connectivity index (χ1v) is 7.91. The molecular weight excluding hydrogens is 340 g/mol. The molecule has 4 heterocycles. The number of H-pyrrole nitrogens is 2. The molecule has 0 bridgehead atoms.